The Hall–Kier alpha value is -3.31. The van der Waals surface area contributed by atoms with Crippen molar-refractivity contribution in [3.8, 4) is 11.3 Å². The molecule has 2 aliphatic heterocycles. The minimum absolute atomic E-state index is 0.0511. The van der Waals surface area contributed by atoms with E-state index in [1.807, 2.05) is 18.2 Å². The van der Waals surface area contributed by atoms with Crippen molar-refractivity contribution in [3.05, 3.63) is 36.8 Å². The van der Waals surface area contributed by atoms with Gasteiger partial charge in [0.25, 0.3) is 0 Å². The molecule has 11 heteroatoms. The van der Waals surface area contributed by atoms with E-state index in [2.05, 4.69) is 37.3 Å². The summed E-state index contributed by atoms with van der Waals surface area (Å²) < 4.78 is 23.7. The van der Waals surface area contributed by atoms with Crippen molar-refractivity contribution in [2.75, 3.05) is 37.4 Å². The van der Waals surface area contributed by atoms with Gasteiger partial charge in [-0.3, -0.25) is 4.90 Å². The molecule has 10 nitrogen and oxygen atoms in total. The summed E-state index contributed by atoms with van der Waals surface area (Å²) >= 11 is 0. The highest BCUT2D eigenvalue weighted by Gasteiger charge is 2.43. The van der Waals surface area contributed by atoms with Crippen molar-refractivity contribution >= 4 is 22.9 Å². The Morgan fingerprint density at radius 3 is 2.84 bits per heavy atom. The van der Waals surface area contributed by atoms with Crippen LogP contribution in [0, 0.1) is 0 Å². The van der Waals surface area contributed by atoms with Gasteiger partial charge >= 0.3 is 0 Å². The smallest absolute Gasteiger partial charge is 0.243 e. The first-order chi connectivity index (χ1) is 15.5. The number of nitrogen functional groups attached to an aromatic ring is 1. The van der Waals surface area contributed by atoms with Gasteiger partial charge in [0.15, 0.2) is 11.5 Å². The minimum atomic E-state index is -1.03. The molecular weight excluding hydrogens is 413 g/mol. The number of hydrogen-bond acceptors (Lipinski definition) is 8. The molecule has 0 radical (unpaired) electrons. The molecule has 2 saturated heterocycles. The van der Waals surface area contributed by atoms with E-state index in [1.165, 1.54) is 0 Å². The Bertz CT molecular complexity index is 1300. The number of fused-ring (bicyclic) bond motifs is 2. The first-order valence-electron chi connectivity index (χ1n) is 10.7. The van der Waals surface area contributed by atoms with Gasteiger partial charge in [-0.1, -0.05) is 0 Å². The van der Waals surface area contributed by atoms with E-state index in [0.29, 0.717) is 43.5 Å². The highest BCUT2D eigenvalue weighted by molar-refractivity contribution is 5.86. The number of nitrogens with zero attached hydrogens (tertiary/aromatic N) is 7. The second-order valence-electron chi connectivity index (χ2n) is 8.78. The molecule has 32 heavy (non-hydrogen) atoms. The van der Waals surface area contributed by atoms with Gasteiger partial charge in [0, 0.05) is 37.2 Å². The lowest BCUT2D eigenvalue weighted by Gasteiger charge is -2.50. The van der Waals surface area contributed by atoms with Gasteiger partial charge in [0.2, 0.25) is 5.95 Å². The van der Waals surface area contributed by atoms with Gasteiger partial charge in [0.1, 0.15) is 11.7 Å². The summed E-state index contributed by atoms with van der Waals surface area (Å²) in [5, 5.41) is 12.3. The van der Waals surface area contributed by atoms with E-state index >= 15 is 0 Å². The quantitative estimate of drug-likeness (QED) is 0.496. The van der Waals surface area contributed by atoms with Gasteiger partial charge in [-0.05, 0) is 31.5 Å². The van der Waals surface area contributed by atoms with E-state index in [1.54, 1.807) is 27.6 Å². The van der Waals surface area contributed by atoms with Crippen LogP contribution in [0.2, 0.25) is 0 Å². The summed E-state index contributed by atoms with van der Waals surface area (Å²) in [6.45, 7) is 4.61. The topological polar surface area (TPSA) is 111 Å². The largest absolute Gasteiger partial charge is 0.382 e. The van der Waals surface area contributed by atoms with E-state index in [4.69, 9.17) is 10.5 Å². The lowest BCUT2D eigenvalue weighted by Crippen LogP contribution is -2.64. The minimum Gasteiger partial charge on any atom is -0.382 e. The first-order valence-corrected chi connectivity index (χ1v) is 10.7. The third kappa shape index (κ3) is 3.07. The Balaban J connectivity index is 1.24. The number of hydrogen-bond donors (Lipinski definition) is 2. The fourth-order valence-electron chi connectivity index (χ4n) is 4.58. The number of piperidine rings is 1. The first kappa shape index (κ1) is 19.4. The van der Waals surface area contributed by atoms with Gasteiger partial charge in [-0.2, -0.15) is 10.1 Å². The number of nitrogens with two attached hydrogens (primary N) is 1. The van der Waals surface area contributed by atoms with Gasteiger partial charge in [-0.15, -0.1) is 5.10 Å². The summed E-state index contributed by atoms with van der Waals surface area (Å²) in [6, 6.07) is 5.31. The number of alkyl halides is 1. The van der Waals surface area contributed by atoms with Gasteiger partial charge in [0.05, 0.1) is 30.5 Å². The normalized spacial score (nSPS) is 23.4. The van der Waals surface area contributed by atoms with E-state index in [-0.39, 0.29) is 11.6 Å². The average Bonchev–Trinajstić information content (AvgIpc) is 3.40. The Morgan fingerprint density at radius 1 is 1.19 bits per heavy atom. The van der Waals surface area contributed by atoms with Crippen molar-refractivity contribution < 1.29 is 9.13 Å². The van der Waals surface area contributed by atoms with Crippen molar-refractivity contribution in [1.82, 2.24) is 34.1 Å². The van der Waals surface area contributed by atoms with Crippen LogP contribution in [0.3, 0.4) is 0 Å². The fourth-order valence-corrected chi connectivity index (χ4v) is 4.58. The predicted molar refractivity (Wildman–Crippen MR) is 117 cm³/mol. The number of likely N-dealkylation sites (tertiary alicyclic amines) is 1. The molecule has 0 aromatic carbocycles. The van der Waals surface area contributed by atoms with E-state index in [9.17, 15) is 4.39 Å². The van der Waals surface area contributed by atoms with Crippen LogP contribution in [0.15, 0.2) is 36.8 Å². The van der Waals surface area contributed by atoms with E-state index < -0.39 is 6.17 Å². The monoisotopic (exact) mass is 437 g/mol. The van der Waals surface area contributed by atoms with Crippen molar-refractivity contribution in [3.63, 3.8) is 0 Å². The number of anilines is 2. The number of ether oxygens (including phenoxy) is 1. The lowest BCUT2D eigenvalue weighted by molar-refractivity contribution is -0.142. The second kappa shape index (κ2) is 7.10. The number of imidazole rings is 1. The third-order valence-corrected chi connectivity index (χ3v) is 6.51. The number of nitrogens with one attached hydrogen (secondary N) is 1. The molecule has 2 aliphatic rings. The molecule has 6 rings (SSSR count). The molecule has 0 saturated carbocycles. The van der Waals surface area contributed by atoms with Crippen molar-refractivity contribution in [2.45, 2.75) is 31.1 Å². The third-order valence-electron chi connectivity index (χ3n) is 6.51. The van der Waals surface area contributed by atoms with Gasteiger partial charge < -0.3 is 15.8 Å². The summed E-state index contributed by atoms with van der Waals surface area (Å²) in [5.41, 5.74) is 9.22. The van der Waals surface area contributed by atoms with Crippen LogP contribution in [-0.4, -0.2) is 78.2 Å². The number of rotatable bonds is 4. The average molecular weight is 437 g/mol. The summed E-state index contributed by atoms with van der Waals surface area (Å²) in [6.07, 6.45) is 4.91. The Labute approximate surface area is 183 Å². The van der Waals surface area contributed by atoms with Crippen LogP contribution >= 0.6 is 0 Å². The Kier molecular flexibility index (Phi) is 4.30. The highest BCUT2D eigenvalue weighted by Crippen LogP contribution is 2.31. The second-order valence-corrected chi connectivity index (χ2v) is 8.78. The number of aromatic nitrogens is 6. The molecule has 4 aromatic heterocycles. The molecule has 2 atom stereocenters. The molecule has 6 heterocycles. The zero-order valence-corrected chi connectivity index (χ0v) is 17.6. The standard InChI is InChI=1S/C21H24FN9O/c1-21(11-32-12-21)29-7-5-16(14(22)10-29)25-20-26-19(23)18-13(4-8-31(18)28-20)15-2-3-17-24-6-9-30(17)27-15/h2-4,6,8-9,14,16H,5,7,10-12H2,1H3,(H3,23,25,26,28)/t14-,16+/m0/s1. The maximum atomic E-state index is 15.0. The predicted octanol–water partition coefficient (Wildman–Crippen LogP) is 1.63. The molecule has 0 amide bonds. The lowest BCUT2D eigenvalue weighted by atomic mass is 9.92. The molecule has 0 unspecified atom stereocenters. The molecule has 4 aromatic rings. The molecule has 0 aliphatic carbocycles. The summed E-state index contributed by atoms with van der Waals surface area (Å²) in [5.74, 6) is 0.622. The van der Waals surface area contributed by atoms with E-state index in [0.717, 1.165) is 23.4 Å². The zero-order chi connectivity index (χ0) is 21.9. The fraction of sp³-hybridized carbons (Fsp3) is 0.429. The molecular formula is C21H24FN9O. The molecule has 2 fully saturated rings. The Morgan fingerprint density at radius 2 is 2.06 bits per heavy atom. The molecule has 166 valence electrons. The molecule has 3 N–H and O–H groups in total. The van der Waals surface area contributed by atoms with Crippen LogP contribution in [0.1, 0.15) is 13.3 Å². The van der Waals surface area contributed by atoms with Crippen LogP contribution in [0.5, 0.6) is 0 Å². The maximum Gasteiger partial charge on any atom is 0.243 e. The summed E-state index contributed by atoms with van der Waals surface area (Å²) in [7, 11) is 0. The maximum absolute atomic E-state index is 15.0. The van der Waals surface area contributed by atoms with Crippen molar-refractivity contribution in [2.24, 2.45) is 0 Å². The zero-order valence-electron chi connectivity index (χ0n) is 17.6. The molecule has 0 bridgehead atoms. The van der Waals surface area contributed by atoms with Crippen LogP contribution in [0.25, 0.3) is 22.4 Å². The van der Waals surface area contributed by atoms with Crippen LogP contribution < -0.4 is 11.1 Å². The van der Waals surface area contributed by atoms with Gasteiger partial charge in [-0.25, -0.2) is 18.4 Å². The highest BCUT2D eigenvalue weighted by atomic mass is 19.1. The van der Waals surface area contributed by atoms with Crippen LogP contribution in [0.4, 0.5) is 16.2 Å². The molecule has 0 spiro atoms. The number of halogens is 1. The van der Waals surface area contributed by atoms with Crippen molar-refractivity contribution in [1.29, 1.82) is 0 Å². The SMILES string of the molecule is CC1(N2CC[C@@H](Nc3nc(N)c4c(-c5ccc6nccn6n5)ccn4n3)[C@@H](F)C2)COC1. The van der Waals surface area contributed by atoms with Crippen LogP contribution in [-0.2, 0) is 4.74 Å². The summed E-state index contributed by atoms with van der Waals surface area (Å²) in [4.78, 5) is 10.8.